The van der Waals surface area contributed by atoms with E-state index in [-0.39, 0.29) is 53.2 Å². The van der Waals surface area contributed by atoms with Gasteiger partial charge in [-0.25, -0.2) is 0 Å². The van der Waals surface area contributed by atoms with E-state index in [1.807, 2.05) is 24.0 Å². The van der Waals surface area contributed by atoms with Gasteiger partial charge in [0, 0.05) is 72.6 Å². The molecule has 0 unspecified atom stereocenters. The van der Waals surface area contributed by atoms with Crippen LogP contribution in [-0.4, -0.2) is 57.4 Å². The van der Waals surface area contributed by atoms with Crippen molar-refractivity contribution in [1.82, 2.24) is 14.5 Å². The maximum atomic E-state index is 13.8. The van der Waals surface area contributed by atoms with Crippen molar-refractivity contribution < 1.29 is 58.5 Å². The number of benzene rings is 2. The van der Waals surface area contributed by atoms with Gasteiger partial charge >= 0.3 is 29.6 Å². The Morgan fingerprint density at radius 3 is 2.55 bits per heavy atom. The van der Waals surface area contributed by atoms with E-state index in [0.29, 0.717) is 66.6 Å². The van der Waals surface area contributed by atoms with Gasteiger partial charge in [-0.05, 0) is 68.1 Å². The number of piperidine rings is 1. The molecule has 1 spiro atoms. The van der Waals surface area contributed by atoms with Crippen molar-refractivity contribution in [2.24, 2.45) is 0 Å². The van der Waals surface area contributed by atoms with Gasteiger partial charge in [-0.2, -0.15) is 0 Å². The molecule has 7 rings (SSSR count). The Balaban J connectivity index is 0.00000343. The number of carbonyl (C=O) groups is 3. The Bertz CT molecular complexity index is 1800. The van der Waals surface area contributed by atoms with Crippen molar-refractivity contribution in [3.8, 4) is 22.6 Å². The van der Waals surface area contributed by atoms with Crippen molar-refractivity contribution in [2.75, 3.05) is 19.7 Å². The number of fused-ring (bicyclic) bond motifs is 2. The van der Waals surface area contributed by atoms with Crippen LogP contribution in [0.1, 0.15) is 81.7 Å². The second-order valence-corrected chi connectivity index (χ2v) is 11.9. The third-order valence-corrected chi connectivity index (χ3v) is 8.93. The standard InChI is InChI=1S/C34H33N3O6.Na/c1-3-42-30-15-22(14-27-31(30)20(2)19-37(27)25-5-6-25)32(39)36-10-8-34(9-11-36)16-28(38)26-13-21(4-7-29(26)43-34)23-12-24(33(40)41)18-35-17-23;/h4,7,12-15,17-19,25H,3,5-6,8-11,16H2,1-2H3,(H,40,41);/q;+1/p-1. The van der Waals surface area contributed by atoms with Crippen molar-refractivity contribution >= 4 is 28.6 Å². The summed E-state index contributed by atoms with van der Waals surface area (Å²) in [5.74, 6) is -0.134. The number of hydrogen-bond acceptors (Lipinski definition) is 7. The van der Waals surface area contributed by atoms with Gasteiger partial charge < -0.3 is 28.8 Å². The number of amides is 1. The fraction of sp³-hybridized carbons (Fsp3) is 0.353. The number of pyridine rings is 1. The second kappa shape index (κ2) is 11.7. The summed E-state index contributed by atoms with van der Waals surface area (Å²) in [6, 6.07) is 11.1. The second-order valence-electron chi connectivity index (χ2n) is 11.9. The van der Waals surface area contributed by atoms with E-state index in [0.717, 1.165) is 35.1 Å². The van der Waals surface area contributed by atoms with Crippen molar-refractivity contribution in [3.63, 3.8) is 0 Å². The first-order chi connectivity index (χ1) is 20.7. The molecule has 0 bridgehead atoms. The van der Waals surface area contributed by atoms with Crippen LogP contribution in [0.5, 0.6) is 11.5 Å². The molecule has 0 N–H and O–H groups in total. The summed E-state index contributed by atoms with van der Waals surface area (Å²) in [4.78, 5) is 44.3. The molecule has 4 aromatic rings. The van der Waals surface area contributed by atoms with Gasteiger partial charge in [0.25, 0.3) is 5.91 Å². The van der Waals surface area contributed by atoms with E-state index in [9.17, 15) is 19.5 Å². The van der Waals surface area contributed by atoms with E-state index in [4.69, 9.17) is 9.47 Å². The average Bonchev–Trinajstić information content (AvgIpc) is 3.80. The minimum atomic E-state index is -1.31. The van der Waals surface area contributed by atoms with Gasteiger partial charge in [0.1, 0.15) is 17.1 Å². The molecular weight excluding hydrogens is 569 g/mol. The molecule has 1 aliphatic carbocycles. The molecule has 1 saturated carbocycles. The zero-order valence-corrected chi connectivity index (χ0v) is 27.2. The molecule has 0 radical (unpaired) electrons. The van der Waals surface area contributed by atoms with Crippen LogP contribution in [0.15, 0.2) is 55.0 Å². The minimum absolute atomic E-state index is 0. The quantitative estimate of drug-likeness (QED) is 0.310. The van der Waals surface area contributed by atoms with Gasteiger partial charge in [0.05, 0.1) is 30.1 Å². The SMILES string of the molecule is CCOc1cc(C(=O)N2CCC3(CC2)CC(=O)c2cc(-c4cncc(C(=O)[O-])c4)ccc2O3)cc2c1c(C)cn2C1CC1.[Na+]. The number of aromatic carboxylic acids is 1. The molecule has 2 aromatic heterocycles. The van der Waals surface area contributed by atoms with Crippen molar-refractivity contribution in [3.05, 3.63) is 77.2 Å². The summed E-state index contributed by atoms with van der Waals surface area (Å²) in [5.41, 5.74) is 3.83. The van der Waals surface area contributed by atoms with Crippen LogP contribution < -0.4 is 44.1 Å². The molecule has 44 heavy (non-hydrogen) atoms. The Kier molecular flexibility index (Phi) is 8.07. The number of carboxylic acids is 1. The van der Waals surface area contributed by atoms with E-state index < -0.39 is 11.6 Å². The number of hydrogen-bond donors (Lipinski definition) is 0. The molecule has 220 valence electrons. The molecule has 2 fully saturated rings. The normalized spacial score (nSPS) is 17.1. The van der Waals surface area contributed by atoms with E-state index in [2.05, 4.69) is 22.7 Å². The molecule has 10 heteroatoms. The van der Waals surface area contributed by atoms with Gasteiger partial charge in [-0.1, -0.05) is 6.07 Å². The molecule has 1 saturated heterocycles. The number of carboxylic acid groups (broad SMARTS) is 1. The van der Waals surface area contributed by atoms with Crippen molar-refractivity contribution in [1.29, 1.82) is 0 Å². The average molecular weight is 602 g/mol. The molecule has 2 aliphatic heterocycles. The van der Waals surface area contributed by atoms with E-state index >= 15 is 0 Å². The number of aromatic nitrogens is 2. The summed E-state index contributed by atoms with van der Waals surface area (Å²) in [6.07, 6.45) is 8.56. The zero-order valence-electron chi connectivity index (χ0n) is 25.2. The topological polar surface area (TPSA) is 114 Å². The fourth-order valence-electron chi connectivity index (χ4n) is 6.55. The van der Waals surface area contributed by atoms with Gasteiger partial charge in [-0.15, -0.1) is 0 Å². The maximum absolute atomic E-state index is 13.8. The summed E-state index contributed by atoms with van der Waals surface area (Å²) in [7, 11) is 0. The number of likely N-dealkylation sites (tertiary alicyclic amines) is 1. The van der Waals surface area contributed by atoms with E-state index in [1.54, 1.807) is 24.4 Å². The van der Waals surface area contributed by atoms with Crippen LogP contribution >= 0.6 is 0 Å². The molecule has 2 aromatic carbocycles. The van der Waals surface area contributed by atoms with Gasteiger partial charge in [-0.3, -0.25) is 14.6 Å². The summed E-state index contributed by atoms with van der Waals surface area (Å²) in [5, 5.41) is 12.3. The molecule has 3 aliphatic rings. The van der Waals surface area contributed by atoms with Crippen LogP contribution in [0.4, 0.5) is 0 Å². The van der Waals surface area contributed by atoms with Gasteiger partial charge in [0.2, 0.25) is 0 Å². The summed E-state index contributed by atoms with van der Waals surface area (Å²) >= 11 is 0. The number of ketones is 1. The first-order valence-corrected chi connectivity index (χ1v) is 14.9. The third kappa shape index (κ3) is 5.42. The summed E-state index contributed by atoms with van der Waals surface area (Å²) in [6.45, 7) is 5.52. The van der Waals surface area contributed by atoms with Crippen LogP contribution in [0.25, 0.3) is 22.0 Å². The zero-order chi connectivity index (χ0) is 29.9. The van der Waals surface area contributed by atoms with Crippen molar-refractivity contribution in [2.45, 2.75) is 57.6 Å². The number of ether oxygens (including phenoxy) is 2. The third-order valence-electron chi connectivity index (χ3n) is 8.93. The first kappa shape index (κ1) is 30.4. The summed E-state index contributed by atoms with van der Waals surface area (Å²) < 4.78 is 14.8. The van der Waals surface area contributed by atoms with Crippen LogP contribution in [-0.2, 0) is 0 Å². The fourth-order valence-corrected chi connectivity index (χ4v) is 6.55. The van der Waals surface area contributed by atoms with Crippen LogP contribution in [0.3, 0.4) is 0 Å². The predicted octanol–water partition coefficient (Wildman–Crippen LogP) is 1.75. The molecular formula is C34H32N3NaO6. The number of Topliss-reactive ketones (excluding diaryl/α,β-unsaturated/α-hetero) is 1. The molecule has 9 nitrogen and oxygen atoms in total. The minimum Gasteiger partial charge on any atom is -0.545 e. The Morgan fingerprint density at radius 1 is 1.07 bits per heavy atom. The number of nitrogens with zero attached hydrogens (tertiary/aromatic N) is 3. The molecule has 0 atom stereocenters. The number of aryl methyl sites for hydroxylation is 1. The number of carbonyl (C=O) groups excluding carboxylic acids is 3. The number of rotatable bonds is 6. The van der Waals surface area contributed by atoms with Crippen LogP contribution in [0.2, 0.25) is 0 Å². The monoisotopic (exact) mass is 601 g/mol. The predicted molar refractivity (Wildman–Crippen MR) is 158 cm³/mol. The maximum Gasteiger partial charge on any atom is 1.00 e. The Hall–Kier alpha value is -3.66. The largest absolute Gasteiger partial charge is 1.00 e. The molecule has 4 heterocycles. The Morgan fingerprint density at radius 2 is 1.84 bits per heavy atom. The van der Waals surface area contributed by atoms with Gasteiger partial charge in [0.15, 0.2) is 5.78 Å². The van der Waals surface area contributed by atoms with Crippen LogP contribution in [0, 0.1) is 6.92 Å². The van der Waals surface area contributed by atoms with E-state index in [1.165, 1.54) is 12.3 Å². The first-order valence-electron chi connectivity index (χ1n) is 14.9. The Labute approximate surface area is 277 Å². The smallest absolute Gasteiger partial charge is 0.545 e. The molecule has 1 amide bonds.